The van der Waals surface area contributed by atoms with Crippen LogP contribution in [0, 0.1) is 0 Å². The number of halogens is 8. The molecular formula is C40H98Cl8N8O12. The largest absolute Gasteiger partial charge is 1.00 e. The van der Waals surface area contributed by atoms with Crippen molar-refractivity contribution in [1.29, 1.82) is 0 Å². The van der Waals surface area contributed by atoms with E-state index in [4.69, 9.17) is 0 Å². The molecule has 20 nitrogen and oxygen atoms in total. The maximum Gasteiger partial charge on any atom is 0.152 e. The van der Waals surface area contributed by atoms with Gasteiger partial charge in [-0.15, -0.1) is 24.8 Å². The highest BCUT2D eigenvalue weighted by Crippen LogP contribution is 2.14. The molecule has 0 aliphatic carbocycles. The van der Waals surface area contributed by atoms with Gasteiger partial charge in [0.15, 0.2) is 24.4 Å². The van der Waals surface area contributed by atoms with E-state index >= 15 is 0 Å². The van der Waals surface area contributed by atoms with Gasteiger partial charge in [-0.05, 0) is 0 Å². The maximum absolute atomic E-state index is 11.0. The van der Waals surface area contributed by atoms with Gasteiger partial charge in [-0.1, -0.05) is 0 Å². The van der Waals surface area contributed by atoms with E-state index in [0.717, 1.165) is 0 Å². The topological polar surface area (TPSA) is 267 Å². The molecule has 0 fully saturated rings. The van der Waals surface area contributed by atoms with E-state index in [1.54, 1.807) is 0 Å². The molecule has 0 bridgehead atoms. The molecule has 0 radical (unpaired) electrons. The summed E-state index contributed by atoms with van der Waals surface area (Å²) in [5, 5.41) is 129. The van der Waals surface area contributed by atoms with Crippen LogP contribution in [0.2, 0.25) is 0 Å². The zero-order valence-corrected chi connectivity index (χ0v) is 48.2. The molecule has 426 valence electrons. The van der Waals surface area contributed by atoms with E-state index in [1.807, 2.05) is 56.4 Å². The van der Waals surface area contributed by atoms with E-state index < -0.39 is 36.6 Å². The third-order valence-electron chi connectivity index (χ3n) is 11.5. The summed E-state index contributed by atoms with van der Waals surface area (Å²) in [6, 6.07) is 0. The Hall–Kier alpha value is 1.52. The van der Waals surface area contributed by atoms with Crippen LogP contribution in [0.25, 0.3) is 0 Å². The number of nitrogens with one attached hydrogen (secondary N) is 2. The molecule has 0 heterocycles. The number of likely N-dealkylation sites (N-methyl/N-ethyl adjacent to an activating group) is 4. The molecule has 0 aromatic carbocycles. The number of aliphatic hydroxyl groups is 12. The molecule has 0 saturated heterocycles. The van der Waals surface area contributed by atoms with Crippen LogP contribution in [0.5, 0.6) is 0 Å². The second-order valence-electron chi connectivity index (χ2n) is 20.3. The lowest BCUT2D eigenvalue weighted by molar-refractivity contribution is -0.942. The Morgan fingerprint density at radius 2 is 0.456 bits per heavy atom. The minimum absolute atomic E-state index is 0. The van der Waals surface area contributed by atoms with Gasteiger partial charge in [0.1, 0.15) is 117 Å². The zero-order chi connectivity index (χ0) is 46.3. The first-order valence-corrected chi connectivity index (χ1v) is 21.9. The molecular weight excluding hydrogens is 1070 g/mol. The molecule has 0 amide bonds. The lowest BCUT2D eigenvalue weighted by atomic mass is 10.1. The van der Waals surface area contributed by atoms with Gasteiger partial charge in [-0.25, -0.2) is 0 Å². The highest BCUT2D eigenvalue weighted by molar-refractivity contribution is 5.85. The van der Waals surface area contributed by atoms with Crippen LogP contribution < -0.4 is 85.1 Å². The summed E-state index contributed by atoms with van der Waals surface area (Å²) in [5.41, 5.74) is 0. The monoisotopic (exact) mass is 1160 g/mol. The minimum Gasteiger partial charge on any atom is -1.00 e. The summed E-state index contributed by atoms with van der Waals surface area (Å²) in [4.78, 5) is 0. The van der Waals surface area contributed by atoms with Gasteiger partial charge in [0.2, 0.25) is 0 Å². The first-order valence-electron chi connectivity index (χ1n) is 21.9. The summed E-state index contributed by atoms with van der Waals surface area (Å²) in [7, 11) is 15.5. The Balaban J connectivity index is -0.000000622. The van der Waals surface area contributed by atoms with Crippen molar-refractivity contribution in [1.82, 2.24) is 10.6 Å². The van der Waals surface area contributed by atoms with Crippen molar-refractivity contribution in [3.05, 3.63) is 0 Å². The highest BCUT2D eigenvalue weighted by Gasteiger charge is 2.37. The van der Waals surface area contributed by atoms with Crippen LogP contribution in [-0.2, 0) is 0 Å². The van der Waals surface area contributed by atoms with Crippen molar-refractivity contribution < 1.29 is 163 Å². The second-order valence-corrected chi connectivity index (χ2v) is 20.3. The maximum atomic E-state index is 11.0. The van der Waals surface area contributed by atoms with Crippen molar-refractivity contribution in [2.45, 2.75) is 36.6 Å². The molecule has 0 aliphatic heterocycles. The van der Waals surface area contributed by atoms with Gasteiger partial charge in [0.25, 0.3) is 0 Å². The van der Waals surface area contributed by atoms with E-state index in [2.05, 4.69) is 10.6 Å². The summed E-state index contributed by atoms with van der Waals surface area (Å²) in [6.45, 7) is 6.53. The lowest BCUT2D eigenvalue weighted by Crippen LogP contribution is -3.00. The molecule has 0 aromatic rings. The van der Waals surface area contributed by atoms with Gasteiger partial charge in [-0.3, -0.25) is 0 Å². The normalized spacial score (nSPS) is 14.8. The fourth-order valence-electron chi connectivity index (χ4n) is 9.32. The number of nitrogens with zero attached hydrogens (tertiary/aromatic N) is 6. The number of hydrogen-bond acceptors (Lipinski definition) is 14. The summed E-state index contributed by atoms with van der Waals surface area (Å²) in [6.07, 6.45) is -4.28. The molecule has 28 heteroatoms. The third-order valence-corrected chi connectivity index (χ3v) is 11.5. The van der Waals surface area contributed by atoms with Crippen LogP contribution in [0.1, 0.15) is 0 Å². The van der Waals surface area contributed by atoms with Crippen LogP contribution in [-0.4, -0.2) is 352 Å². The van der Waals surface area contributed by atoms with E-state index in [9.17, 15) is 61.3 Å². The molecule has 0 saturated carbocycles. The number of quaternary nitrogens is 6. The Morgan fingerprint density at radius 3 is 0.632 bits per heavy atom. The predicted molar refractivity (Wildman–Crippen MR) is 246 cm³/mol. The Kier molecular flexibility index (Phi) is 58.7. The predicted octanol–water partition coefficient (Wildman–Crippen LogP) is -24.9. The lowest BCUT2D eigenvalue weighted by Gasteiger charge is -2.41. The summed E-state index contributed by atoms with van der Waals surface area (Å²) < 4.78 is 1.84. The Labute approximate surface area is 459 Å². The van der Waals surface area contributed by atoms with Crippen LogP contribution in [0.3, 0.4) is 0 Å². The zero-order valence-electron chi connectivity index (χ0n) is 42.0. The molecule has 6 unspecified atom stereocenters. The van der Waals surface area contributed by atoms with E-state index in [1.165, 1.54) is 0 Å². The molecule has 68 heavy (non-hydrogen) atoms. The number of rotatable bonds is 39. The van der Waals surface area contributed by atoms with Crippen molar-refractivity contribution in [2.24, 2.45) is 0 Å². The van der Waals surface area contributed by atoms with Crippen molar-refractivity contribution >= 4 is 24.8 Å². The molecule has 0 spiro atoms. The SMILES string of the molecule is C[N+](C)(CC(O)CNCCNCC(O)C[N+](C)(C)CC(O)C[N+](C)(C)CC(O)C[N+](CCO)(CCO)CCO)CC(O)C[N+](C)(C)CC(O)C[N+](CCO)(CCO)CCO.Cl.Cl.[Cl-].[Cl-].[Cl-].[Cl-].[Cl-].[Cl-]. The number of aliphatic hydroxyl groups excluding tert-OH is 12. The van der Waals surface area contributed by atoms with Gasteiger partial charge in [0.05, 0.1) is 96.0 Å². The van der Waals surface area contributed by atoms with Crippen molar-refractivity contribution in [3.63, 3.8) is 0 Å². The van der Waals surface area contributed by atoms with Crippen LogP contribution in [0.4, 0.5) is 0 Å². The highest BCUT2D eigenvalue weighted by atomic mass is 35.5. The van der Waals surface area contributed by atoms with Crippen LogP contribution in [0.15, 0.2) is 0 Å². The molecule has 0 rings (SSSR count). The van der Waals surface area contributed by atoms with Gasteiger partial charge in [0, 0.05) is 26.2 Å². The Morgan fingerprint density at radius 1 is 0.294 bits per heavy atom. The average molecular weight is 1170 g/mol. The first-order chi connectivity index (χ1) is 27.8. The summed E-state index contributed by atoms with van der Waals surface area (Å²) in [5.74, 6) is 0. The fraction of sp³-hybridized carbons (Fsp3) is 1.00. The Bertz CT molecular complexity index is 1020. The first kappa shape index (κ1) is 89.1. The number of hydrogen-bond donors (Lipinski definition) is 14. The van der Waals surface area contributed by atoms with E-state index in [-0.39, 0.29) is 161 Å². The van der Waals surface area contributed by atoms with Crippen molar-refractivity contribution in [2.75, 3.05) is 227 Å². The van der Waals surface area contributed by atoms with Crippen molar-refractivity contribution in [3.8, 4) is 0 Å². The summed E-state index contributed by atoms with van der Waals surface area (Å²) >= 11 is 0. The second kappa shape index (κ2) is 44.8. The fourth-order valence-corrected chi connectivity index (χ4v) is 9.32. The standard InChI is InChI=1S/C40H96N8O12.8ClH/c1-43(2,27-37(57)29-45(5,6)31-39(59)33-47(11-17-49,12-18-50)13-19-51)25-35(55)23-41-9-10-42-24-36(56)26-44(3,4)28-38(58)30-46(7,8)32-40(60)34-48(14-20-52,15-21-53)16-22-54;;;;;;;;/h35-42,49-60H,9-34H2,1-8H3;8*1H/q+6;;;;;;;;/p-6. The molecule has 14 N–H and O–H groups in total. The molecule has 0 aromatic heterocycles. The smallest absolute Gasteiger partial charge is 0.152 e. The third kappa shape index (κ3) is 41.8. The average Bonchev–Trinajstić information content (AvgIpc) is 3.04. The minimum atomic E-state index is -0.777. The quantitative estimate of drug-likeness (QED) is 0.0202. The van der Waals surface area contributed by atoms with Gasteiger partial charge in [-0.2, -0.15) is 0 Å². The van der Waals surface area contributed by atoms with E-state index in [0.29, 0.717) is 136 Å². The molecule has 6 atom stereocenters. The van der Waals surface area contributed by atoms with Gasteiger partial charge < -0.3 is 173 Å². The van der Waals surface area contributed by atoms with Gasteiger partial charge >= 0.3 is 0 Å². The van der Waals surface area contributed by atoms with Crippen LogP contribution >= 0.6 is 24.8 Å². The molecule has 0 aliphatic rings.